The van der Waals surface area contributed by atoms with Crippen LogP contribution < -0.4 is 21.5 Å². The van der Waals surface area contributed by atoms with Gasteiger partial charge >= 0.3 is 6.03 Å². The van der Waals surface area contributed by atoms with Gasteiger partial charge in [0.1, 0.15) is 11.6 Å². The average molecular weight is 590 g/mol. The number of para-hydroxylation sites is 1. The van der Waals surface area contributed by atoms with Crippen LogP contribution in [0.1, 0.15) is 0 Å². The van der Waals surface area contributed by atoms with Crippen molar-refractivity contribution in [1.29, 1.82) is 0 Å². The summed E-state index contributed by atoms with van der Waals surface area (Å²) < 4.78 is 42.1. The summed E-state index contributed by atoms with van der Waals surface area (Å²) in [5.74, 6) is 0.0246. The third-order valence-corrected chi connectivity index (χ3v) is 6.15. The molecule has 42 heavy (non-hydrogen) atoms. The van der Waals surface area contributed by atoms with E-state index in [0.29, 0.717) is 34.4 Å². The lowest BCUT2D eigenvalue weighted by Gasteiger charge is -2.14. The standard InChI is InChI=1S/C29H24FN5O2.CH4O3S/c1-31-27-16-26-20(17-32-27)14-22(28(36)35(26)2)19-12-13-23(30)25(15-19)34-29(37)33-24-11-7-6-10-21(24)18-8-4-3-5-9-18;1-5(2,3)4/h3-17H,1-2H3,(H,31,32)(H2,33,34,37);1H3,(H,2,3,4). The number of carbonyl (C=O) groups excluding carboxylic acids is 1. The van der Waals surface area contributed by atoms with E-state index >= 15 is 0 Å². The highest BCUT2D eigenvalue weighted by atomic mass is 32.2. The summed E-state index contributed by atoms with van der Waals surface area (Å²) in [7, 11) is -0.238. The smallest absolute Gasteiger partial charge is 0.323 e. The number of urea groups is 1. The van der Waals surface area contributed by atoms with Gasteiger partial charge in [-0.05, 0) is 35.4 Å². The van der Waals surface area contributed by atoms with E-state index in [4.69, 9.17) is 4.55 Å². The monoisotopic (exact) mass is 589 g/mol. The number of fused-ring (bicyclic) bond motifs is 1. The van der Waals surface area contributed by atoms with E-state index in [-0.39, 0.29) is 11.2 Å². The van der Waals surface area contributed by atoms with Crippen molar-refractivity contribution in [2.24, 2.45) is 7.05 Å². The zero-order valence-electron chi connectivity index (χ0n) is 22.9. The first-order valence-corrected chi connectivity index (χ1v) is 14.4. The largest absolute Gasteiger partial charge is 0.373 e. The fourth-order valence-corrected chi connectivity index (χ4v) is 4.23. The molecule has 0 aliphatic carbocycles. The van der Waals surface area contributed by atoms with Crippen molar-refractivity contribution in [1.82, 2.24) is 9.55 Å². The van der Waals surface area contributed by atoms with Crippen LogP contribution in [-0.4, -0.2) is 41.9 Å². The molecule has 0 aliphatic rings. The minimum atomic E-state index is -3.67. The topological polar surface area (TPSA) is 142 Å². The van der Waals surface area contributed by atoms with Gasteiger partial charge in [0.25, 0.3) is 15.7 Å². The molecule has 2 heterocycles. The lowest BCUT2D eigenvalue weighted by atomic mass is 10.0. The van der Waals surface area contributed by atoms with Gasteiger partial charge in [-0.15, -0.1) is 0 Å². The van der Waals surface area contributed by atoms with E-state index in [2.05, 4.69) is 20.9 Å². The molecule has 2 amide bonds. The number of benzene rings is 3. The third kappa shape index (κ3) is 7.36. The molecular weight excluding hydrogens is 561 g/mol. The van der Waals surface area contributed by atoms with E-state index < -0.39 is 22.0 Å². The molecule has 5 aromatic rings. The number of aryl methyl sites for hydroxylation is 1. The Morgan fingerprint density at radius 1 is 0.881 bits per heavy atom. The summed E-state index contributed by atoms with van der Waals surface area (Å²) in [6.07, 6.45) is 2.39. The van der Waals surface area contributed by atoms with Crippen LogP contribution >= 0.6 is 0 Å². The molecule has 0 spiro atoms. The molecule has 216 valence electrons. The molecule has 0 aliphatic heterocycles. The molecule has 10 nitrogen and oxygen atoms in total. The Morgan fingerprint density at radius 3 is 2.21 bits per heavy atom. The predicted octanol–water partition coefficient (Wildman–Crippen LogP) is 5.60. The van der Waals surface area contributed by atoms with E-state index in [9.17, 15) is 22.4 Å². The maximum absolute atomic E-state index is 14.7. The van der Waals surface area contributed by atoms with Gasteiger partial charge in [-0.2, -0.15) is 8.42 Å². The van der Waals surface area contributed by atoms with Gasteiger partial charge in [0.15, 0.2) is 0 Å². The lowest BCUT2D eigenvalue weighted by molar-refractivity contribution is 0.262. The summed E-state index contributed by atoms with van der Waals surface area (Å²) in [4.78, 5) is 30.3. The number of anilines is 3. The number of nitrogens with one attached hydrogen (secondary N) is 3. The van der Waals surface area contributed by atoms with Crippen molar-refractivity contribution in [2.45, 2.75) is 0 Å². The number of aromatic nitrogens is 2. The second-order valence-corrected chi connectivity index (χ2v) is 10.7. The molecule has 0 saturated heterocycles. The van der Waals surface area contributed by atoms with Gasteiger partial charge in [0.2, 0.25) is 0 Å². The second-order valence-electron chi connectivity index (χ2n) is 9.22. The van der Waals surface area contributed by atoms with Crippen molar-refractivity contribution >= 4 is 44.2 Å². The number of carbonyl (C=O) groups is 1. The lowest BCUT2D eigenvalue weighted by Crippen LogP contribution is -2.21. The maximum Gasteiger partial charge on any atom is 0.323 e. The Bertz CT molecular complexity index is 1920. The normalized spacial score (nSPS) is 10.9. The number of rotatable bonds is 5. The van der Waals surface area contributed by atoms with Crippen LogP contribution in [0.25, 0.3) is 33.2 Å². The van der Waals surface area contributed by atoms with Crippen molar-refractivity contribution in [3.63, 3.8) is 0 Å². The van der Waals surface area contributed by atoms with Gasteiger partial charge in [0.05, 0.1) is 23.1 Å². The third-order valence-electron chi connectivity index (χ3n) is 6.15. The SMILES string of the molecule is CNc1cc2c(cn1)cc(-c1ccc(F)c(NC(=O)Nc3ccccc3-c3ccccc3)c1)c(=O)n2C.CS(=O)(=O)O. The van der Waals surface area contributed by atoms with Crippen molar-refractivity contribution in [3.05, 3.63) is 107 Å². The molecule has 0 atom stereocenters. The first-order chi connectivity index (χ1) is 19.9. The molecule has 0 fully saturated rings. The van der Waals surface area contributed by atoms with Gasteiger partial charge in [-0.3, -0.25) is 9.35 Å². The molecule has 2 aromatic heterocycles. The average Bonchev–Trinajstić information content (AvgIpc) is 2.96. The quantitative estimate of drug-likeness (QED) is 0.196. The second kappa shape index (κ2) is 12.6. The van der Waals surface area contributed by atoms with Crippen LogP contribution in [0.5, 0.6) is 0 Å². The van der Waals surface area contributed by atoms with Crippen molar-refractivity contribution < 1.29 is 22.2 Å². The molecule has 0 radical (unpaired) electrons. The summed E-state index contributed by atoms with van der Waals surface area (Å²) >= 11 is 0. The molecule has 0 bridgehead atoms. The zero-order valence-corrected chi connectivity index (χ0v) is 23.7. The van der Waals surface area contributed by atoms with Crippen LogP contribution in [0.2, 0.25) is 0 Å². The molecule has 12 heteroatoms. The highest BCUT2D eigenvalue weighted by molar-refractivity contribution is 7.85. The highest BCUT2D eigenvalue weighted by Crippen LogP contribution is 2.29. The Kier molecular flexibility index (Phi) is 8.99. The van der Waals surface area contributed by atoms with E-state index in [0.717, 1.165) is 16.5 Å². The predicted molar refractivity (Wildman–Crippen MR) is 164 cm³/mol. The van der Waals surface area contributed by atoms with Gasteiger partial charge < -0.3 is 20.5 Å². The first-order valence-electron chi connectivity index (χ1n) is 12.6. The summed E-state index contributed by atoms with van der Waals surface area (Å²) in [6, 6.07) is 24.1. The van der Waals surface area contributed by atoms with Crippen molar-refractivity contribution in [3.8, 4) is 22.3 Å². The fourth-order valence-electron chi connectivity index (χ4n) is 4.23. The van der Waals surface area contributed by atoms with Gasteiger partial charge in [-0.1, -0.05) is 54.6 Å². The minimum absolute atomic E-state index is 0.0435. The van der Waals surface area contributed by atoms with Crippen LogP contribution in [0.3, 0.4) is 0 Å². The minimum Gasteiger partial charge on any atom is -0.373 e. The molecule has 4 N–H and O–H groups in total. The van der Waals surface area contributed by atoms with Crippen LogP contribution in [-0.2, 0) is 17.2 Å². The van der Waals surface area contributed by atoms with Crippen LogP contribution in [0.4, 0.5) is 26.4 Å². The molecule has 0 saturated carbocycles. The fraction of sp³-hybridized carbons (Fsp3) is 0.100. The Labute approximate surface area is 241 Å². The van der Waals surface area contributed by atoms with E-state index in [1.54, 1.807) is 38.5 Å². The van der Waals surface area contributed by atoms with Gasteiger partial charge in [-0.25, -0.2) is 14.2 Å². The number of halogens is 1. The zero-order chi connectivity index (χ0) is 30.4. The van der Waals surface area contributed by atoms with E-state index in [1.165, 1.54) is 22.8 Å². The number of pyridine rings is 2. The number of amides is 2. The summed E-state index contributed by atoms with van der Waals surface area (Å²) in [6.45, 7) is 0. The Morgan fingerprint density at radius 2 is 1.52 bits per heavy atom. The molecule has 5 rings (SSSR count). The van der Waals surface area contributed by atoms with Gasteiger partial charge in [0, 0.05) is 42.9 Å². The highest BCUT2D eigenvalue weighted by Gasteiger charge is 2.15. The molecular formula is C30H28FN5O5S. The van der Waals surface area contributed by atoms with Crippen molar-refractivity contribution in [2.75, 3.05) is 29.3 Å². The molecule has 0 unspecified atom stereocenters. The van der Waals surface area contributed by atoms with E-state index in [1.807, 2.05) is 48.5 Å². The number of nitrogens with zero attached hydrogens (tertiary/aromatic N) is 2. The summed E-state index contributed by atoms with van der Waals surface area (Å²) in [5, 5.41) is 9.10. The van der Waals surface area contributed by atoms with Crippen LogP contribution in [0, 0.1) is 5.82 Å². The number of hydrogen-bond donors (Lipinski definition) is 4. The molecule has 3 aromatic carbocycles. The Balaban J connectivity index is 0.000000748. The number of hydrogen-bond acceptors (Lipinski definition) is 6. The Hall–Kier alpha value is -5.07. The summed E-state index contributed by atoms with van der Waals surface area (Å²) in [5.41, 5.74) is 3.62. The maximum atomic E-state index is 14.7. The van der Waals surface area contributed by atoms with Crippen LogP contribution in [0.15, 0.2) is 95.9 Å². The first kappa shape index (κ1) is 29.9.